The zero-order valence-electron chi connectivity index (χ0n) is 15.7. The van der Waals surface area contributed by atoms with E-state index in [0.29, 0.717) is 18.3 Å². The third-order valence-corrected chi connectivity index (χ3v) is 6.56. The molecule has 1 amide bonds. The van der Waals surface area contributed by atoms with Crippen molar-refractivity contribution in [2.24, 2.45) is 0 Å². The fourth-order valence-electron chi connectivity index (χ4n) is 4.13. The maximum absolute atomic E-state index is 12.5. The van der Waals surface area contributed by atoms with Gasteiger partial charge in [-0.15, -0.1) is 11.3 Å². The Kier molecular flexibility index (Phi) is 5.27. The summed E-state index contributed by atoms with van der Waals surface area (Å²) in [5, 5.41) is 13.4. The molecule has 4 rings (SSSR count). The van der Waals surface area contributed by atoms with Gasteiger partial charge in [0.2, 0.25) is 5.91 Å². The number of hydrogen-bond acceptors (Lipinski definition) is 4. The lowest BCUT2D eigenvalue weighted by Crippen LogP contribution is -2.38. The Bertz CT molecular complexity index is 833. The van der Waals surface area contributed by atoms with Crippen molar-refractivity contribution < 1.29 is 4.79 Å². The van der Waals surface area contributed by atoms with E-state index in [9.17, 15) is 4.79 Å². The van der Waals surface area contributed by atoms with Crippen molar-refractivity contribution in [2.45, 2.75) is 38.1 Å². The van der Waals surface area contributed by atoms with Crippen molar-refractivity contribution in [1.29, 1.82) is 5.41 Å². The number of fused-ring (bicyclic) bond motifs is 1. The molecule has 0 bridgehead atoms. The van der Waals surface area contributed by atoms with E-state index in [4.69, 9.17) is 5.41 Å². The normalized spacial score (nSPS) is 20.0. The van der Waals surface area contributed by atoms with Crippen LogP contribution in [0.4, 0.5) is 11.4 Å². The molecule has 1 fully saturated rings. The van der Waals surface area contributed by atoms with E-state index in [1.807, 2.05) is 34.5 Å². The lowest BCUT2D eigenvalue weighted by molar-refractivity contribution is -0.118. The summed E-state index contributed by atoms with van der Waals surface area (Å²) >= 11 is 1.55. The van der Waals surface area contributed by atoms with Crippen LogP contribution < -0.4 is 10.2 Å². The van der Waals surface area contributed by atoms with Crippen molar-refractivity contribution in [3.63, 3.8) is 0 Å². The minimum Gasteiger partial charge on any atom is -0.340 e. The number of nitrogens with zero attached hydrogens (tertiary/aromatic N) is 2. The lowest BCUT2D eigenvalue weighted by Gasteiger charge is -2.31. The number of amidine groups is 1. The number of nitrogens with one attached hydrogen (secondary N) is 2. The molecule has 1 atom stereocenters. The SMILES string of the molecule is CN1CCC[C@H]1CCN1C(=O)CCc2cc(NC(=N)c3cccs3)ccc21. The second-order valence-electron chi connectivity index (χ2n) is 7.43. The highest BCUT2D eigenvalue weighted by Gasteiger charge is 2.27. The molecule has 1 saturated heterocycles. The van der Waals surface area contributed by atoms with Crippen LogP contribution in [0.3, 0.4) is 0 Å². The van der Waals surface area contributed by atoms with Crippen LogP contribution in [0.25, 0.3) is 0 Å². The molecule has 0 saturated carbocycles. The molecule has 2 aliphatic heterocycles. The highest BCUT2D eigenvalue weighted by molar-refractivity contribution is 7.12. The summed E-state index contributed by atoms with van der Waals surface area (Å²) in [6, 6.07) is 10.6. The number of likely N-dealkylation sites (tertiary alicyclic amines) is 1. The summed E-state index contributed by atoms with van der Waals surface area (Å²) in [4.78, 5) is 17.8. The van der Waals surface area contributed by atoms with Crippen molar-refractivity contribution in [2.75, 3.05) is 30.4 Å². The Morgan fingerprint density at radius 1 is 1.33 bits per heavy atom. The van der Waals surface area contributed by atoms with Gasteiger partial charge in [0.25, 0.3) is 0 Å². The predicted octanol–water partition coefficient (Wildman–Crippen LogP) is 3.95. The first-order valence-electron chi connectivity index (χ1n) is 9.65. The molecule has 2 aliphatic rings. The molecule has 0 aliphatic carbocycles. The topological polar surface area (TPSA) is 59.4 Å². The summed E-state index contributed by atoms with van der Waals surface area (Å²) in [6.07, 6.45) is 4.87. The van der Waals surface area contributed by atoms with Gasteiger partial charge in [-0.05, 0) is 74.5 Å². The van der Waals surface area contributed by atoms with Crippen molar-refractivity contribution >= 4 is 34.5 Å². The fraction of sp³-hybridized carbons (Fsp3) is 0.429. The smallest absolute Gasteiger partial charge is 0.227 e. The molecule has 142 valence electrons. The van der Waals surface area contributed by atoms with Gasteiger partial charge >= 0.3 is 0 Å². The minimum atomic E-state index is 0.232. The Morgan fingerprint density at radius 3 is 2.96 bits per heavy atom. The monoisotopic (exact) mass is 382 g/mol. The molecule has 0 unspecified atom stereocenters. The standard InChI is InChI=1S/C21H26N4OS/c1-24-11-2-4-17(24)10-12-25-18-8-7-16(14-15(18)6-9-20(25)26)23-21(22)19-5-3-13-27-19/h3,5,7-8,13-14,17H,2,4,6,9-12H2,1H3,(H2,22,23)/t17-/m0/s1. The Hall–Kier alpha value is -2.18. The first-order chi connectivity index (χ1) is 13.1. The molecule has 27 heavy (non-hydrogen) atoms. The van der Waals surface area contributed by atoms with E-state index in [1.165, 1.54) is 24.9 Å². The highest BCUT2D eigenvalue weighted by atomic mass is 32.1. The van der Waals surface area contributed by atoms with Crippen LogP contribution in [-0.4, -0.2) is 42.8 Å². The molecular formula is C21H26N4OS. The van der Waals surface area contributed by atoms with Crippen LogP contribution in [0.5, 0.6) is 0 Å². The zero-order valence-corrected chi connectivity index (χ0v) is 16.5. The number of hydrogen-bond donors (Lipinski definition) is 2. The molecule has 1 aromatic carbocycles. The molecule has 0 radical (unpaired) electrons. The maximum atomic E-state index is 12.5. The lowest BCUT2D eigenvalue weighted by atomic mass is 9.99. The first-order valence-corrected chi connectivity index (χ1v) is 10.5. The van der Waals surface area contributed by atoms with Gasteiger partial charge in [0.15, 0.2) is 0 Å². The molecule has 3 heterocycles. The third-order valence-electron chi connectivity index (χ3n) is 5.67. The number of amides is 1. The predicted molar refractivity (Wildman–Crippen MR) is 112 cm³/mol. The number of rotatable bonds is 5. The molecule has 5 nitrogen and oxygen atoms in total. The van der Waals surface area contributed by atoms with Gasteiger partial charge in [0.1, 0.15) is 5.84 Å². The summed E-state index contributed by atoms with van der Waals surface area (Å²) in [6.45, 7) is 1.96. The molecule has 2 aromatic rings. The summed E-state index contributed by atoms with van der Waals surface area (Å²) in [5.74, 6) is 0.646. The van der Waals surface area contributed by atoms with Crippen molar-refractivity contribution in [1.82, 2.24) is 4.90 Å². The molecule has 1 aromatic heterocycles. The van der Waals surface area contributed by atoms with E-state index < -0.39 is 0 Å². The Balaban J connectivity index is 1.47. The van der Waals surface area contributed by atoms with Crippen LogP contribution >= 0.6 is 11.3 Å². The average Bonchev–Trinajstić information content (AvgIpc) is 3.33. The van der Waals surface area contributed by atoms with E-state index in [-0.39, 0.29) is 5.91 Å². The van der Waals surface area contributed by atoms with Gasteiger partial charge in [-0.25, -0.2) is 0 Å². The van der Waals surface area contributed by atoms with Gasteiger partial charge in [-0.3, -0.25) is 10.2 Å². The van der Waals surface area contributed by atoms with Crippen LogP contribution in [-0.2, 0) is 11.2 Å². The van der Waals surface area contributed by atoms with E-state index >= 15 is 0 Å². The summed E-state index contributed by atoms with van der Waals surface area (Å²) < 4.78 is 0. The van der Waals surface area contributed by atoms with E-state index in [1.54, 1.807) is 11.3 Å². The maximum Gasteiger partial charge on any atom is 0.227 e. The third kappa shape index (κ3) is 3.92. The fourth-order valence-corrected chi connectivity index (χ4v) is 4.76. The van der Waals surface area contributed by atoms with Crippen molar-refractivity contribution in [3.8, 4) is 0 Å². The van der Waals surface area contributed by atoms with Crippen molar-refractivity contribution in [3.05, 3.63) is 46.2 Å². The van der Waals surface area contributed by atoms with Gasteiger partial charge in [0, 0.05) is 30.4 Å². The highest BCUT2D eigenvalue weighted by Crippen LogP contribution is 2.31. The van der Waals surface area contributed by atoms with E-state index in [0.717, 1.165) is 35.6 Å². The number of carbonyl (C=O) groups is 1. The van der Waals surface area contributed by atoms with Crippen LogP contribution in [0.1, 0.15) is 36.1 Å². The number of aryl methyl sites for hydroxylation is 1. The van der Waals surface area contributed by atoms with Crippen LogP contribution in [0.15, 0.2) is 35.7 Å². The Morgan fingerprint density at radius 2 is 2.22 bits per heavy atom. The second-order valence-corrected chi connectivity index (χ2v) is 8.38. The number of thiophene rings is 1. The van der Waals surface area contributed by atoms with Crippen LogP contribution in [0, 0.1) is 5.41 Å². The minimum absolute atomic E-state index is 0.232. The summed E-state index contributed by atoms with van der Waals surface area (Å²) in [7, 11) is 2.18. The van der Waals surface area contributed by atoms with Gasteiger partial charge in [-0.2, -0.15) is 0 Å². The first kappa shape index (κ1) is 18.2. The quantitative estimate of drug-likeness (QED) is 0.608. The van der Waals surface area contributed by atoms with Gasteiger partial charge < -0.3 is 15.1 Å². The number of anilines is 2. The molecular weight excluding hydrogens is 356 g/mol. The molecule has 6 heteroatoms. The zero-order chi connectivity index (χ0) is 18.8. The van der Waals surface area contributed by atoms with Crippen LogP contribution in [0.2, 0.25) is 0 Å². The number of benzene rings is 1. The average molecular weight is 383 g/mol. The summed E-state index contributed by atoms with van der Waals surface area (Å²) in [5.41, 5.74) is 3.15. The molecule has 0 spiro atoms. The Labute approximate surface area is 164 Å². The molecule has 2 N–H and O–H groups in total. The second kappa shape index (κ2) is 7.82. The van der Waals surface area contributed by atoms with Gasteiger partial charge in [0.05, 0.1) is 4.88 Å². The van der Waals surface area contributed by atoms with Gasteiger partial charge in [-0.1, -0.05) is 6.07 Å². The largest absolute Gasteiger partial charge is 0.340 e. The van der Waals surface area contributed by atoms with E-state index in [2.05, 4.69) is 23.3 Å². The number of carbonyl (C=O) groups excluding carboxylic acids is 1.